The molecule has 11 heteroatoms. The van der Waals surface area contributed by atoms with Crippen molar-refractivity contribution in [2.45, 2.75) is 31.9 Å². The van der Waals surface area contributed by atoms with Crippen LogP contribution in [-0.4, -0.2) is 51.6 Å². The number of anilines is 2. The van der Waals surface area contributed by atoms with Gasteiger partial charge in [-0.3, -0.25) is 9.59 Å². The molecule has 35 heavy (non-hydrogen) atoms. The third kappa shape index (κ3) is 5.24. The van der Waals surface area contributed by atoms with Gasteiger partial charge in [-0.1, -0.05) is 22.9 Å². The summed E-state index contributed by atoms with van der Waals surface area (Å²) in [6.45, 7) is 2.54. The van der Waals surface area contributed by atoms with Crippen LogP contribution in [0.4, 0.5) is 11.1 Å². The highest BCUT2D eigenvalue weighted by atomic mass is 35.5. The third-order valence-corrected chi connectivity index (χ3v) is 7.14. The Balaban J connectivity index is 1.25. The van der Waals surface area contributed by atoms with Crippen molar-refractivity contribution >= 4 is 67.1 Å². The van der Waals surface area contributed by atoms with Crippen LogP contribution in [0.3, 0.4) is 0 Å². The van der Waals surface area contributed by atoms with Gasteiger partial charge in [-0.05, 0) is 56.2 Å². The van der Waals surface area contributed by atoms with Crippen LogP contribution < -0.4 is 16.0 Å². The van der Waals surface area contributed by atoms with Crippen molar-refractivity contribution in [1.82, 2.24) is 25.2 Å². The lowest BCUT2D eigenvalue weighted by atomic mass is 10.0. The molecule has 2 atom stereocenters. The van der Waals surface area contributed by atoms with Gasteiger partial charge in [0, 0.05) is 30.3 Å². The summed E-state index contributed by atoms with van der Waals surface area (Å²) < 4.78 is 8.38. The quantitative estimate of drug-likeness (QED) is 0.360. The number of imidazole rings is 1. The summed E-state index contributed by atoms with van der Waals surface area (Å²) in [6.07, 6.45) is 1.68. The van der Waals surface area contributed by atoms with E-state index >= 15 is 0 Å². The molecule has 2 unspecified atom stereocenters. The summed E-state index contributed by atoms with van der Waals surface area (Å²) >= 11 is 7.56. The predicted molar refractivity (Wildman–Crippen MR) is 138 cm³/mol. The topological polar surface area (TPSA) is 110 Å². The van der Waals surface area contributed by atoms with Crippen LogP contribution in [0.2, 0.25) is 5.02 Å². The van der Waals surface area contributed by atoms with Gasteiger partial charge in [0.1, 0.15) is 0 Å². The Labute approximate surface area is 210 Å². The first-order valence-electron chi connectivity index (χ1n) is 11.3. The minimum atomic E-state index is -0.328. The smallest absolute Gasteiger partial charge is 0.251 e. The van der Waals surface area contributed by atoms with Crippen molar-refractivity contribution in [1.29, 1.82) is 0 Å². The van der Waals surface area contributed by atoms with E-state index in [-0.39, 0.29) is 30.5 Å². The summed E-state index contributed by atoms with van der Waals surface area (Å²) in [7, 11) is 1.89. The van der Waals surface area contributed by atoms with E-state index in [0.717, 1.165) is 28.6 Å². The van der Waals surface area contributed by atoms with Crippen LogP contribution in [-0.2, 0) is 16.6 Å². The van der Waals surface area contributed by atoms with E-state index in [9.17, 15) is 9.59 Å². The molecule has 182 valence electrons. The van der Waals surface area contributed by atoms with E-state index in [0.29, 0.717) is 33.8 Å². The molecule has 3 N–H and O–H groups in total. The normalized spacial score (nSPS) is 18.0. The second-order valence-corrected chi connectivity index (χ2v) is 10.1. The van der Waals surface area contributed by atoms with Crippen LogP contribution >= 0.6 is 22.9 Å². The Morgan fingerprint density at radius 2 is 2.06 bits per heavy atom. The van der Waals surface area contributed by atoms with E-state index in [1.807, 2.05) is 42.8 Å². The van der Waals surface area contributed by atoms with Crippen molar-refractivity contribution in [3.05, 3.63) is 47.0 Å². The molecule has 0 aliphatic carbocycles. The molecule has 5 rings (SSSR count). The SMILES string of the molecule is CC1CC(NC(=O)CNC(=O)c2ccc3c(c2)nc(Nc2nc4ccc(Cl)cc4s2)n3C)CCO1. The number of aryl methyl sites for hydroxylation is 1. The number of benzene rings is 2. The number of carbonyl (C=O) groups is 2. The van der Waals surface area contributed by atoms with Crippen molar-refractivity contribution in [3.63, 3.8) is 0 Å². The Morgan fingerprint density at radius 3 is 2.89 bits per heavy atom. The number of fused-ring (bicyclic) bond motifs is 2. The monoisotopic (exact) mass is 512 g/mol. The molecule has 3 heterocycles. The number of carbonyl (C=O) groups excluding carboxylic acids is 2. The van der Waals surface area contributed by atoms with Crippen LogP contribution in [0.1, 0.15) is 30.1 Å². The Bertz CT molecular complexity index is 1420. The predicted octanol–water partition coefficient (Wildman–Crippen LogP) is 3.99. The van der Waals surface area contributed by atoms with Gasteiger partial charge in [-0.15, -0.1) is 0 Å². The maximum atomic E-state index is 12.7. The van der Waals surface area contributed by atoms with E-state index < -0.39 is 0 Å². The summed E-state index contributed by atoms with van der Waals surface area (Å²) in [5.74, 6) is 0.0679. The highest BCUT2D eigenvalue weighted by Gasteiger charge is 2.21. The van der Waals surface area contributed by atoms with Crippen LogP contribution in [0.5, 0.6) is 0 Å². The lowest BCUT2D eigenvalue weighted by molar-refractivity contribution is -0.121. The molecule has 2 aromatic carbocycles. The second kappa shape index (κ2) is 9.80. The molecule has 4 aromatic rings. The lowest BCUT2D eigenvalue weighted by Crippen LogP contribution is -2.45. The van der Waals surface area contributed by atoms with Gasteiger partial charge in [0.05, 0.1) is 33.9 Å². The maximum absolute atomic E-state index is 12.7. The number of hydrogen-bond acceptors (Lipinski definition) is 7. The Hall–Kier alpha value is -3.21. The molecular formula is C24H25ClN6O3S. The number of nitrogens with one attached hydrogen (secondary N) is 3. The van der Waals surface area contributed by atoms with Crippen molar-refractivity contribution in [2.75, 3.05) is 18.5 Å². The van der Waals surface area contributed by atoms with E-state index in [2.05, 4.69) is 25.9 Å². The van der Waals surface area contributed by atoms with Crippen LogP contribution in [0, 0.1) is 0 Å². The summed E-state index contributed by atoms with van der Waals surface area (Å²) in [5.41, 5.74) is 2.81. The molecule has 0 saturated carbocycles. The van der Waals surface area contributed by atoms with Crippen molar-refractivity contribution in [3.8, 4) is 0 Å². The number of thiazole rings is 1. The first kappa shape index (κ1) is 23.5. The zero-order valence-corrected chi connectivity index (χ0v) is 20.9. The van der Waals surface area contributed by atoms with Crippen molar-refractivity contribution in [2.24, 2.45) is 7.05 Å². The number of halogens is 1. The Kier molecular flexibility index (Phi) is 6.59. The zero-order valence-electron chi connectivity index (χ0n) is 19.3. The van der Waals surface area contributed by atoms with E-state index in [1.54, 1.807) is 12.1 Å². The van der Waals surface area contributed by atoms with Gasteiger partial charge in [0.15, 0.2) is 5.13 Å². The molecular weight excluding hydrogens is 488 g/mol. The molecule has 0 spiro atoms. The van der Waals surface area contributed by atoms with Gasteiger partial charge in [0.2, 0.25) is 11.9 Å². The molecule has 1 aliphatic rings. The fourth-order valence-electron chi connectivity index (χ4n) is 4.17. The molecule has 0 bridgehead atoms. The molecule has 1 aliphatic heterocycles. The lowest BCUT2D eigenvalue weighted by Gasteiger charge is -2.27. The number of nitrogens with zero attached hydrogens (tertiary/aromatic N) is 3. The van der Waals surface area contributed by atoms with Gasteiger partial charge in [-0.2, -0.15) is 0 Å². The average molecular weight is 513 g/mol. The Morgan fingerprint density at radius 1 is 1.20 bits per heavy atom. The fourth-order valence-corrected chi connectivity index (χ4v) is 5.31. The number of hydrogen-bond donors (Lipinski definition) is 3. The van der Waals surface area contributed by atoms with Gasteiger partial charge < -0.3 is 25.3 Å². The van der Waals surface area contributed by atoms with Gasteiger partial charge >= 0.3 is 0 Å². The average Bonchev–Trinajstić information content (AvgIpc) is 3.36. The molecule has 2 aromatic heterocycles. The number of aromatic nitrogens is 3. The molecule has 0 radical (unpaired) electrons. The minimum absolute atomic E-state index is 0.0753. The van der Waals surface area contributed by atoms with Gasteiger partial charge in [-0.25, -0.2) is 9.97 Å². The molecule has 9 nitrogen and oxygen atoms in total. The first-order valence-corrected chi connectivity index (χ1v) is 12.5. The first-order chi connectivity index (χ1) is 16.9. The van der Waals surface area contributed by atoms with E-state index in [4.69, 9.17) is 16.3 Å². The molecule has 2 amide bonds. The third-order valence-electron chi connectivity index (χ3n) is 5.97. The molecule has 1 fully saturated rings. The standard InChI is InChI=1S/C24H25ClN6O3S/c1-13-9-16(7-8-34-13)27-21(32)12-26-22(33)14-3-6-19-18(10-14)28-23(31(19)2)30-24-29-17-5-4-15(25)11-20(17)35-24/h3-6,10-11,13,16H,7-9,12H2,1-2H3,(H,26,33)(H,27,32)(H,28,29,30). The number of rotatable bonds is 6. The largest absolute Gasteiger partial charge is 0.378 e. The number of amides is 2. The highest BCUT2D eigenvalue weighted by molar-refractivity contribution is 7.22. The summed E-state index contributed by atoms with van der Waals surface area (Å²) in [4.78, 5) is 34.2. The van der Waals surface area contributed by atoms with Crippen LogP contribution in [0.25, 0.3) is 21.3 Å². The van der Waals surface area contributed by atoms with Crippen molar-refractivity contribution < 1.29 is 14.3 Å². The summed E-state index contributed by atoms with van der Waals surface area (Å²) in [6, 6.07) is 10.9. The highest BCUT2D eigenvalue weighted by Crippen LogP contribution is 2.31. The number of ether oxygens (including phenoxy) is 1. The summed E-state index contributed by atoms with van der Waals surface area (Å²) in [5, 5.41) is 10.3. The van der Waals surface area contributed by atoms with E-state index in [1.165, 1.54) is 11.3 Å². The fraction of sp³-hybridized carbons (Fsp3) is 0.333. The molecule has 1 saturated heterocycles. The zero-order chi connectivity index (χ0) is 24.5. The maximum Gasteiger partial charge on any atom is 0.251 e. The van der Waals surface area contributed by atoms with Crippen LogP contribution in [0.15, 0.2) is 36.4 Å². The van der Waals surface area contributed by atoms with Gasteiger partial charge in [0.25, 0.3) is 5.91 Å². The minimum Gasteiger partial charge on any atom is -0.378 e. The second-order valence-electron chi connectivity index (χ2n) is 8.61.